The number of halogens is 1. The summed E-state index contributed by atoms with van der Waals surface area (Å²) < 4.78 is 5.54. The zero-order valence-electron chi connectivity index (χ0n) is 14.0. The predicted molar refractivity (Wildman–Crippen MR) is 102 cm³/mol. The highest BCUT2D eigenvalue weighted by molar-refractivity contribution is 7.21. The molecule has 0 bridgehead atoms. The maximum absolute atomic E-state index is 12.2. The molecule has 10 heteroatoms. The van der Waals surface area contributed by atoms with Gasteiger partial charge in [-0.3, -0.25) is 19.7 Å². The van der Waals surface area contributed by atoms with Crippen molar-refractivity contribution in [2.45, 2.75) is 0 Å². The number of carbonyl (C=O) groups is 4. The third kappa shape index (κ3) is 5.80. The number of fused-ring (bicyclic) bond motifs is 1. The molecule has 0 unspecified atom stereocenters. The molecule has 0 radical (unpaired) electrons. The molecule has 0 atom stereocenters. The zero-order valence-corrected chi connectivity index (χ0v) is 15.6. The van der Waals surface area contributed by atoms with E-state index in [-0.39, 0.29) is 11.4 Å². The molecule has 0 saturated heterocycles. The van der Waals surface area contributed by atoms with Gasteiger partial charge in [-0.15, -0.1) is 17.9 Å². The smallest absolute Gasteiger partial charge is 0.325 e. The van der Waals surface area contributed by atoms with Crippen LogP contribution in [0.25, 0.3) is 10.1 Å². The molecular weight excluding hydrogens is 394 g/mol. The highest BCUT2D eigenvalue weighted by Gasteiger charge is 2.18. The quantitative estimate of drug-likeness (QED) is 0.477. The van der Waals surface area contributed by atoms with Gasteiger partial charge in [0.15, 0.2) is 6.61 Å². The summed E-state index contributed by atoms with van der Waals surface area (Å²) in [5.74, 6) is -2.16. The van der Waals surface area contributed by atoms with Crippen LogP contribution in [0.4, 0.5) is 4.79 Å². The predicted octanol–water partition coefficient (Wildman–Crippen LogP) is 1.84. The first-order valence-electron chi connectivity index (χ1n) is 7.71. The summed E-state index contributed by atoms with van der Waals surface area (Å²) in [6.45, 7) is 2.49. The largest absolute Gasteiger partial charge is 0.454 e. The number of nitrogens with one attached hydrogen (secondary N) is 3. The van der Waals surface area contributed by atoms with Gasteiger partial charge in [-0.05, 0) is 6.07 Å². The number of imide groups is 1. The van der Waals surface area contributed by atoms with E-state index in [9.17, 15) is 19.2 Å². The molecule has 0 aliphatic heterocycles. The van der Waals surface area contributed by atoms with Gasteiger partial charge in [0, 0.05) is 16.6 Å². The van der Waals surface area contributed by atoms with Crippen LogP contribution in [-0.4, -0.2) is 43.5 Å². The summed E-state index contributed by atoms with van der Waals surface area (Å²) in [7, 11) is 0. The van der Waals surface area contributed by atoms with Crippen molar-refractivity contribution < 1.29 is 23.9 Å². The summed E-state index contributed by atoms with van der Waals surface area (Å²) >= 11 is 7.39. The normalized spacial score (nSPS) is 10.1. The summed E-state index contributed by atoms with van der Waals surface area (Å²) in [4.78, 5) is 46.8. The number of amides is 4. The number of esters is 1. The first kappa shape index (κ1) is 20.4. The monoisotopic (exact) mass is 409 g/mol. The molecule has 1 aromatic heterocycles. The molecule has 0 aliphatic carbocycles. The first-order valence-corrected chi connectivity index (χ1v) is 8.91. The van der Waals surface area contributed by atoms with E-state index >= 15 is 0 Å². The molecule has 0 fully saturated rings. The van der Waals surface area contributed by atoms with Crippen molar-refractivity contribution in [2.75, 3.05) is 19.7 Å². The molecule has 2 aromatic rings. The SMILES string of the molecule is C=CCNC(=O)NC(=O)COC(=O)CNC(=O)c1sc2ccccc2c1Cl. The van der Waals surface area contributed by atoms with Crippen LogP contribution < -0.4 is 16.0 Å². The Labute approximate surface area is 163 Å². The molecule has 0 aliphatic rings. The van der Waals surface area contributed by atoms with Crippen molar-refractivity contribution in [2.24, 2.45) is 0 Å². The van der Waals surface area contributed by atoms with Gasteiger partial charge in [-0.2, -0.15) is 0 Å². The summed E-state index contributed by atoms with van der Waals surface area (Å²) in [6.07, 6.45) is 1.44. The summed E-state index contributed by atoms with van der Waals surface area (Å²) in [6, 6.07) is 6.53. The van der Waals surface area contributed by atoms with E-state index < -0.39 is 37.0 Å². The van der Waals surface area contributed by atoms with Gasteiger partial charge in [-0.1, -0.05) is 35.9 Å². The number of rotatable bonds is 7. The Kier molecular flexibility index (Phi) is 7.33. The molecule has 8 nitrogen and oxygen atoms in total. The lowest BCUT2D eigenvalue weighted by atomic mass is 10.2. The average Bonchev–Trinajstić information content (AvgIpc) is 3.00. The van der Waals surface area contributed by atoms with Gasteiger partial charge in [0.05, 0.1) is 5.02 Å². The number of benzene rings is 1. The minimum atomic E-state index is -0.831. The molecule has 142 valence electrons. The molecule has 0 saturated carbocycles. The van der Waals surface area contributed by atoms with E-state index in [2.05, 4.69) is 21.9 Å². The third-order valence-corrected chi connectivity index (χ3v) is 4.83. The van der Waals surface area contributed by atoms with Gasteiger partial charge in [-0.25, -0.2) is 4.79 Å². The lowest BCUT2D eigenvalue weighted by Gasteiger charge is -2.07. The van der Waals surface area contributed by atoms with E-state index in [0.29, 0.717) is 5.02 Å². The van der Waals surface area contributed by atoms with Gasteiger partial charge < -0.3 is 15.4 Å². The number of hydrogen-bond acceptors (Lipinski definition) is 6. The van der Waals surface area contributed by atoms with Crippen LogP contribution in [0.3, 0.4) is 0 Å². The van der Waals surface area contributed by atoms with Crippen molar-refractivity contribution in [1.29, 1.82) is 0 Å². The number of ether oxygens (including phenoxy) is 1. The van der Waals surface area contributed by atoms with Gasteiger partial charge in [0.25, 0.3) is 11.8 Å². The maximum atomic E-state index is 12.2. The third-order valence-electron chi connectivity index (χ3n) is 3.16. The summed E-state index contributed by atoms with van der Waals surface area (Å²) in [5, 5.41) is 7.74. The Balaban J connectivity index is 1.78. The fraction of sp³-hybridized carbons (Fsp3) is 0.176. The lowest BCUT2D eigenvalue weighted by molar-refractivity contribution is -0.147. The van der Waals surface area contributed by atoms with Crippen LogP contribution in [0.1, 0.15) is 9.67 Å². The standard InChI is InChI=1S/C17H16ClN3O5S/c1-2-7-19-17(25)21-12(22)9-26-13(23)8-20-16(24)15-14(18)10-5-3-4-6-11(10)27-15/h2-6H,1,7-9H2,(H,20,24)(H2,19,21,22,25). The minimum absolute atomic E-state index is 0.186. The second kappa shape index (κ2) is 9.70. The van der Waals surface area contributed by atoms with Gasteiger partial charge in [0.1, 0.15) is 11.4 Å². The Morgan fingerprint density at radius 3 is 2.63 bits per heavy atom. The fourth-order valence-corrected chi connectivity index (χ4v) is 3.40. The van der Waals surface area contributed by atoms with Crippen molar-refractivity contribution in [3.05, 3.63) is 46.8 Å². The van der Waals surface area contributed by atoms with E-state index in [1.54, 1.807) is 6.07 Å². The molecule has 1 aromatic carbocycles. The molecule has 2 rings (SSSR count). The Morgan fingerprint density at radius 1 is 1.19 bits per heavy atom. The Hall–Kier alpha value is -2.91. The Bertz CT molecular complexity index is 896. The van der Waals surface area contributed by atoms with Crippen LogP contribution in [-0.2, 0) is 14.3 Å². The average molecular weight is 410 g/mol. The van der Waals surface area contributed by atoms with Crippen molar-refractivity contribution >= 4 is 56.8 Å². The molecule has 4 amide bonds. The second-order valence-electron chi connectivity index (χ2n) is 5.13. The Morgan fingerprint density at radius 2 is 1.93 bits per heavy atom. The number of urea groups is 1. The summed E-state index contributed by atoms with van der Waals surface area (Å²) in [5.41, 5.74) is 0. The zero-order chi connectivity index (χ0) is 19.8. The van der Waals surface area contributed by atoms with Crippen molar-refractivity contribution in [1.82, 2.24) is 16.0 Å². The van der Waals surface area contributed by atoms with Gasteiger partial charge >= 0.3 is 12.0 Å². The van der Waals surface area contributed by atoms with Crippen molar-refractivity contribution in [3.63, 3.8) is 0 Å². The molecular formula is C17H16ClN3O5S. The maximum Gasteiger partial charge on any atom is 0.325 e. The highest BCUT2D eigenvalue weighted by atomic mass is 35.5. The van der Waals surface area contributed by atoms with E-state index in [4.69, 9.17) is 11.6 Å². The molecule has 3 N–H and O–H groups in total. The fourth-order valence-electron chi connectivity index (χ4n) is 1.96. The van der Waals surface area contributed by atoms with Crippen LogP contribution in [0.15, 0.2) is 36.9 Å². The van der Waals surface area contributed by atoms with E-state index in [0.717, 1.165) is 10.1 Å². The number of thiophene rings is 1. The lowest BCUT2D eigenvalue weighted by Crippen LogP contribution is -2.42. The van der Waals surface area contributed by atoms with Crippen LogP contribution in [0.2, 0.25) is 5.02 Å². The topological polar surface area (TPSA) is 114 Å². The highest BCUT2D eigenvalue weighted by Crippen LogP contribution is 2.34. The first-order chi connectivity index (χ1) is 12.9. The van der Waals surface area contributed by atoms with Crippen LogP contribution >= 0.6 is 22.9 Å². The second-order valence-corrected chi connectivity index (χ2v) is 6.56. The number of hydrogen-bond donors (Lipinski definition) is 3. The van der Waals surface area contributed by atoms with Crippen LogP contribution in [0, 0.1) is 0 Å². The van der Waals surface area contributed by atoms with E-state index in [1.807, 2.05) is 23.5 Å². The molecule has 27 heavy (non-hydrogen) atoms. The molecule has 0 spiro atoms. The van der Waals surface area contributed by atoms with Crippen molar-refractivity contribution in [3.8, 4) is 0 Å². The van der Waals surface area contributed by atoms with E-state index in [1.165, 1.54) is 17.4 Å². The molecule has 1 heterocycles. The number of carbonyl (C=O) groups excluding carboxylic acids is 4. The van der Waals surface area contributed by atoms with Crippen LogP contribution in [0.5, 0.6) is 0 Å². The minimum Gasteiger partial charge on any atom is -0.454 e. The van der Waals surface area contributed by atoms with Gasteiger partial charge in [0.2, 0.25) is 0 Å².